The molecule has 410 valence electrons. The highest BCUT2D eigenvalue weighted by atomic mass is 28.5. The zero-order valence-corrected chi connectivity index (χ0v) is 48.3. The Morgan fingerprint density at radius 1 is 0.235 bits per heavy atom. The van der Waals surface area contributed by atoms with Crippen molar-refractivity contribution in [2.45, 2.75) is 90.7 Å². The van der Waals surface area contributed by atoms with Crippen molar-refractivity contribution in [2.24, 2.45) is 0 Å². The van der Waals surface area contributed by atoms with Gasteiger partial charge in [0.15, 0.2) is 16.6 Å². The molecule has 0 amide bonds. The minimum absolute atomic E-state index is 0.167. The second-order valence-corrected chi connectivity index (χ2v) is 34.6. The summed E-state index contributed by atoms with van der Waals surface area (Å²) in [6.07, 6.45) is 3.27. The summed E-state index contributed by atoms with van der Waals surface area (Å²) < 4.78 is 103. The molecule has 0 spiro atoms. The molecule has 0 aromatic heterocycles. The van der Waals surface area contributed by atoms with Gasteiger partial charge in [-0.3, -0.25) is 0 Å². The molecule has 0 bridgehead atoms. The Kier molecular flexibility index (Phi) is 48.1. The van der Waals surface area contributed by atoms with Crippen LogP contribution < -0.4 is 0 Å². The van der Waals surface area contributed by atoms with Gasteiger partial charge in [0.25, 0.3) is 0 Å². The van der Waals surface area contributed by atoms with Gasteiger partial charge in [-0.15, -0.1) is 0 Å². The van der Waals surface area contributed by atoms with E-state index >= 15 is 0 Å². The summed E-state index contributed by atoms with van der Waals surface area (Å²) >= 11 is 0. The van der Waals surface area contributed by atoms with Crippen molar-refractivity contribution in [1.82, 2.24) is 0 Å². The predicted molar refractivity (Wildman–Crippen MR) is 272 cm³/mol. The highest BCUT2D eigenvalue weighted by Crippen LogP contribution is 2.27. The maximum absolute atomic E-state index is 8.69. The summed E-state index contributed by atoms with van der Waals surface area (Å²) in [5.41, 5.74) is 0. The monoisotopic (exact) mass is 1060 g/mol. The van der Waals surface area contributed by atoms with E-state index in [1.54, 1.807) is 0 Å². The summed E-state index contributed by atoms with van der Waals surface area (Å²) in [6.45, 7) is 36.0. The molecule has 0 aromatic carbocycles. The summed E-state index contributed by atoms with van der Waals surface area (Å²) in [4.78, 5) is 0. The molecule has 0 saturated carbocycles. The van der Waals surface area contributed by atoms with Crippen LogP contribution in [0.15, 0.2) is 0 Å². The van der Waals surface area contributed by atoms with Gasteiger partial charge in [0.2, 0.25) is 0 Å². The van der Waals surface area contributed by atoms with Gasteiger partial charge in [-0.1, -0.05) is 0 Å². The summed E-state index contributed by atoms with van der Waals surface area (Å²) in [7, 11) is -8.18. The normalized spacial score (nSPS) is 13.5. The number of ether oxygens (including phenoxy) is 15. The second-order valence-electron chi connectivity index (χ2n) is 18.1. The van der Waals surface area contributed by atoms with Gasteiger partial charge in [-0.05, 0) is 90.7 Å². The van der Waals surface area contributed by atoms with Crippen LogP contribution in [0.5, 0.6) is 0 Å². The summed E-state index contributed by atoms with van der Waals surface area (Å²) in [5.74, 6) is 0. The van der Waals surface area contributed by atoms with Crippen LogP contribution in [-0.4, -0.2) is 244 Å². The molecule has 68 heavy (non-hydrogen) atoms. The smallest absolute Gasteiger partial charge is 0.315 e. The highest BCUT2D eigenvalue weighted by molar-refractivity contribution is 6.89. The fraction of sp³-hybridized carbons (Fsp3) is 1.00. The van der Waals surface area contributed by atoms with Crippen LogP contribution >= 0.6 is 0 Å². The molecule has 0 aliphatic rings. The molecular formula is C45H100O19Si4. The average Bonchev–Trinajstić information content (AvgIpc) is 3.25. The number of aliphatic hydroxyl groups is 1. The standard InChI is InChI=1S/C45H100O19Si4/c1-65(2,3)62-67(7,8)64-68(9,63-66(4,5)6)45-13-20-50-22-24-52-26-28-54-30-32-56-34-36-58-38-40-60-42-44-61-43-41-59-39-37-57-35-33-55-31-29-53-27-25-51-23-21-49-19-12-18-48-17-11-16-47-15-10-14-46/h46H,10-45H2,1-9H3. The molecule has 23 heteroatoms. The maximum Gasteiger partial charge on any atom is 0.315 e. The lowest BCUT2D eigenvalue weighted by atomic mass is 10.4. The Bertz CT molecular complexity index is 1040. The van der Waals surface area contributed by atoms with E-state index in [0.29, 0.717) is 205 Å². The van der Waals surface area contributed by atoms with Gasteiger partial charge in [0.1, 0.15) is 0 Å². The van der Waals surface area contributed by atoms with Crippen molar-refractivity contribution in [3.63, 3.8) is 0 Å². The largest absolute Gasteiger partial charge is 0.437 e. The summed E-state index contributed by atoms with van der Waals surface area (Å²) in [5, 5.41) is 8.69. The summed E-state index contributed by atoms with van der Waals surface area (Å²) in [6, 6.07) is 0.883. The Labute approximate surface area is 416 Å². The van der Waals surface area contributed by atoms with Gasteiger partial charge in [-0.2, -0.15) is 0 Å². The fourth-order valence-electron chi connectivity index (χ4n) is 6.18. The number of aliphatic hydroxyl groups excluding tert-OH is 1. The van der Waals surface area contributed by atoms with Crippen molar-refractivity contribution in [3.8, 4) is 0 Å². The van der Waals surface area contributed by atoms with Crippen molar-refractivity contribution >= 4 is 33.8 Å². The molecule has 0 aromatic rings. The zero-order chi connectivity index (χ0) is 50.2. The topological polar surface area (TPSA) is 186 Å². The SMILES string of the molecule is C[Si](C)(C)O[Si](C)(C)O[Si](C)(CCCOCCOCCOCCOCCOCCOCCOCCOCCOCCOCCOCCOCCOCCCOCCCOCCCO)O[Si](C)(C)C. The van der Waals surface area contributed by atoms with Crippen LogP contribution in [0.4, 0.5) is 0 Å². The lowest BCUT2D eigenvalue weighted by Crippen LogP contribution is -2.56. The maximum atomic E-state index is 8.69. The van der Waals surface area contributed by atoms with Crippen LogP contribution in [0.25, 0.3) is 0 Å². The Morgan fingerprint density at radius 2 is 0.441 bits per heavy atom. The quantitative estimate of drug-likeness (QED) is 0.0612. The van der Waals surface area contributed by atoms with Crippen molar-refractivity contribution in [1.29, 1.82) is 0 Å². The first-order valence-electron chi connectivity index (χ1n) is 25.1. The fourth-order valence-corrected chi connectivity index (χ4v) is 24.1. The minimum Gasteiger partial charge on any atom is -0.437 e. The number of hydrogen-bond donors (Lipinski definition) is 1. The lowest BCUT2D eigenvalue weighted by molar-refractivity contribution is -0.0291. The molecular weight excluding hydrogens is 957 g/mol. The van der Waals surface area contributed by atoms with Gasteiger partial charge in [0.05, 0.1) is 159 Å². The van der Waals surface area contributed by atoms with E-state index in [-0.39, 0.29) is 6.61 Å². The molecule has 0 heterocycles. The van der Waals surface area contributed by atoms with Crippen LogP contribution in [0, 0.1) is 0 Å². The van der Waals surface area contributed by atoms with E-state index in [2.05, 4.69) is 58.9 Å². The lowest BCUT2D eigenvalue weighted by Gasteiger charge is -2.41. The van der Waals surface area contributed by atoms with E-state index < -0.39 is 33.8 Å². The van der Waals surface area contributed by atoms with Crippen molar-refractivity contribution in [3.05, 3.63) is 0 Å². The molecule has 0 saturated heterocycles. The van der Waals surface area contributed by atoms with Gasteiger partial charge in [-0.25, -0.2) is 0 Å². The third kappa shape index (κ3) is 55.4. The van der Waals surface area contributed by atoms with E-state index in [0.717, 1.165) is 25.3 Å². The zero-order valence-electron chi connectivity index (χ0n) is 44.3. The third-order valence-corrected chi connectivity index (χ3v) is 22.1. The highest BCUT2D eigenvalue weighted by Gasteiger charge is 2.44. The first kappa shape index (κ1) is 68.1. The molecule has 0 rings (SSSR count). The number of rotatable bonds is 57. The molecule has 19 nitrogen and oxygen atoms in total. The molecule has 1 N–H and O–H groups in total. The minimum atomic E-state index is -2.40. The van der Waals surface area contributed by atoms with Gasteiger partial charge >= 0.3 is 17.1 Å². The first-order chi connectivity index (χ1) is 32.7. The van der Waals surface area contributed by atoms with Crippen molar-refractivity contribution in [2.75, 3.05) is 205 Å². The van der Waals surface area contributed by atoms with E-state index in [9.17, 15) is 0 Å². The third-order valence-electron chi connectivity index (χ3n) is 8.52. The van der Waals surface area contributed by atoms with E-state index in [1.165, 1.54) is 0 Å². The predicted octanol–water partition coefficient (Wildman–Crippen LogP) is 5.28. The average molecular weight is 1060 g/mol. The van der Waals surface area contributed by atoms with Gasteiger partial charge < -0.3 is 88.5 Å². The number of hydrogen-bond acceptors (Lipinski definition) is 19. The van der Waals surface area contributed by atoms with Crippen LogP contribution in [-0.2, 0) is 83.4 Å². The molecule has 1 unspecified atom stereocenters. The van der Waals surface area contributed by atoms with Crippen LogP contribution in [0.2, 0.25) is 65.0 Å². The Balaban J connectivity index is 3.31. The molecule has 0 fully saturated rings. The van der Waals surface area contributed by atoms with Crippen LogP contribution in [0.1, 0.15) is 25.7 Å². The van der Waals surface area contributed by atoms with Gasteiger partial charge in [0, 0.05) is 46.2 Å². The Morgan fingerprint density at radius 3 is 0.676 bits per heavy atom. The first-order valence-corrected chi connectivity index (χ1v) is 37.2. The molecule has 0 aliphatic heterocycles. The molecule has 1 atom stereocenters. The molecule has 0 radical (unpaired) electrons. The van der Waals surface area contributed by atoms with E-state index in [1.807, 2.05) is 0 Å². The molecule has 0 aliphatic carbocycles. The second kappa shape index (κ2) is 48.1. The van der Waals surface area contributed by atoms with Crippen molar-refractivity contribution < 1.29 is 88.5 Å². The van der Waals surface area contributed by atoms with E-state index in [4.69, 9.17) is 88.5 Å². The Hall–Kier alpha value is 0.108. The van der Waals surface area contributed by atoms with Crippen LogP contribution in [0.3, 0.4) is 0 Å².